The second kappa shape index (κ2) is 2.70. The monoisotopic (exact) mass is 183 g/mol. The highest BCUT2D eigenvalue weighted by Gasteiger charge is 2.04. The van der Waals surface area contributed by atoms with E-state index in [4.69, 9.17) is 0 Å². The average Bonchev–Trinajstić information content (AvgIpc) is 2.86. The second-order valence-electron chi connectivity index (χ2n) is 3.01. The summed E-state index contributed by atoms with van der Waals surface area (Å²) in [6.07, 6.45) is 4.58. The number of hydrogen-bond donors (Lipinski definition) is 2. The van der Waals surface area contributed by atoms with Crippen LogP contribution in [0.5, 0.6) is 0 Å². The van der Waals surface area contributed by atoms with Crippen molar-refractivity contribution in [3.8, 4) is 11.4 Å². The van der Waals surface area contributed by atoms with Gasteiger partial charge in [0.05, 0.1) is 16.6 Å². The van der Waals surface area contributed by atoms with Crippen LogP contribution in [-0.4, -0.2) is 20.2 Å². The zero-order valence-corrected chi connectivity index (χ0v) is 7.28. The van der Waals surface area contributed by atoms with Gasteiger partial charge in [0.25, 0.3) is 0 Å². The van der Waals surface area contributed by atoms with Gasteiger partial charge in [0.15, 0.2) is 0 Å². The fraction of sp³-hybridized carbons (Fsp3) is 0. The zero-order chi connectivity index (χ0) is 9.38. The smallest absolute Gasteiger partial charge is 0.142 e. The van der Waals surface area contributed by atoms with Gasteiger partial charge in [-0.3, -0.25) is 5.10 Å². The van der Waals surface area contributed by atoms with E-state index in [1.54, 1.807) is 6.20 Å². The molecule has 3 aromatic rings. The van der Waals surface area contributed by atoms with Crippen molar-refractivity contribution in [2.75, 3.05) is 0 Å². The number of para-hydroxylation sites is 2. The van der Waals surface area contributed by atoms with Crippen molar-refractivity contribution in [3.63, 3.8) is 0 Å². The first-order chi connectivity index (χ1) is 6.93. The van der Waals surface area contributed by atoms with Crippen molar-refractivity contribution in [2.24, 2.45) is 0 Å². The molecule has 3 rings (SSSR count). The van der Waals surface area contributed by atoms with Gasteiger partial charge >= 0.3 is 0 Å². The quantitative estimate of drug-likeness (QED) is 0.603. The maximum Gasteiger partial charge on any atom is 0.142 e. The number of imidazole rings is 1. The molecule has 1 radical (unpaired) electrons. The number of H-pyrrole nitrogens is 2. The SMILES string of the molecule is [c]1n[nH]cc1-c1nc2ccccc2[nH]1. The summed E-state index contributed by atoms with van der Waals surface area (Å²) in [6.45, 7) is 0. The second-order valence-corrected chi connectivity index (χ2v) is 3.01. The van der Waals surface area contributed by atoms with Crippen molar-refractivity contribution in [1.82, 2.24) is 20.2 Å². The number of aromatic nitrogens is 4. The number of nitrogens with zero attached hydrogens (tertiary/aromatic N) is 2. The molecule has 0 atom stereocenters. The third kappa shape index (κ3) is 1.01. The third-order valence-electron chi connectivity index (χ3n) is 2.09. The molecule has 0 aliphatic rings. The molecule has 0 unspecified atom stereocenters. The molecule has 2 aromatic heterocycles. The fourth-order valence-corrected chi connectivity index (χ4v) is 1.42. The average molecular weight is 183 g/mol. The summed E-state index contributed by atoms with van der Waals surface area (Å²) in [7, 11) is 0. The molecule has 0 saturated heterocycles. The largest absolute Gasteiger partial charge is 0.338 e. The maximum absolute atomic E-state index is 4.41. The van der Waals surface area contributed by atoms with Crippen molar-refractivity contribution < 1.29 is 0 Å². The Labute approximate surface area is 80.0 Å². The summed E-state index contributed by atoms with van der Waals surface area (Å²) >= 11 is 0. The lowest BCUT2D eigenvalue weighted by atomic mass is 10.3. The Morgan fingerprint density at radius 2 is 2.14 bits per heavy atom. The molecule has 14 heavy (non-hydrogen) atoms. The highest BCUT2D eigenvalue weighted by molar-refractivity contribution is 5.78. The van der Waals surface area contributed by atoms with Crippen molar-refractivity contribution in [1.29, 1.82) is 0 Å². The van der Waals surface area contributed by atoms with Crippen LogP contribution >= 0.6 is 0 Å². The number of hydrogen-bond acceptors (Lipinski definition) is 2. The van der Waals surface area contributed by atoms with E-state index < -0.39 is 0 Å². The van der Waals surface area contributed by atoms with E-state index in [1.807, 2.05) is 24.3 Å². The number of fused-ring (bicyclic) bond motifs is 1. The molecule has 0 aliphatic carbocycles. The number of benzene rings is 1. The van der Waals surface area contributed by atoms with Crippen LogP contribution in [-0.2, 0) is 0 Å². The van der Waals surface area contributed by atoms with Gasteiger partial charge in [-0.05, 0) is 12.1 Å². The normalized spacial score (nSPS) is 10.9. The lowest BCUT2D eigenvalue weighted by Crippen LogP contribution is -1.74. The fourth-order valence-electron chi connectivity index (χ4n) is 1.42. The molecule has 0 saturated carbocycles. The van der Waals surface area contributed by atoms with E-state index in [-0.39, 0.29) is 0 Å². The van der Waals surface area contributed by atoms with Gasteiger partial charge in [0.1, 0.15) is 12.0 Å². The van der Waals surface area contributed by atoms with Crippen LogP contribution < -0.4 is 0 Å². The first-order valence-electron chi connectivity index (χ1n) is 4.30. The summed E-state index contributed by atoms with van der Waals surface area (Å²) < 4.78 is 0. The molecule has 0 spiro atoms. The van der Waals surface area contributed by atoms with Gasteiger partial charge in [-0.2, -0.15) is 5.10 Å². The minimum Gasteiger partial charge on any atom is -0.338 e. The predicted octanol–water partition coefficient (Wildman–Crippen LogP) is 1.75. The van der Waals surface area contributed by atoms with Crippen LogP contribution in [0.2, 0.25) is 0 Å². The highest BCUT2D eigenvalue weighted by Crippen LogP contribution is 2.17. The number of aromatic amines is 2. The summed E-state index contributed by atoms with van der Waals surface area (Å²) in [5, 5.41) is 6.47. The van der Waals surface area contributed by atoms with E-state index in [2.05, 4.69) is 26.4 Å². The molecule has 0 aliphatic heterocycles. The van der Waals surface area contributed by atoms with Gasteiger partial charge < -0.3 is 4.98 Å². The van der Waals surface area contributed by atoms with Crippen LogP contribution in [0.3, 0.4) is 0 Å². The molecular weight excluding hydrogens is 176 g/mol. The summed E-state index contributed by atoms with van der Waals surface area (Å²) in [5.74, 6) is 0.792. The molecule has 1 aromatic carbocycles. The Morgan fingerprint density at radius 3 is 2.93 bits per heavy atom. The van der Waals surface area contributed by atoms with E-state index in [0.717, 1.165) is 22.4 Å². The molecule has 0 bridgehead atoms. The Kier molecular flexibility index (Phi) is 1.41. The summed E-state index contributed by atoms with van der Waals surface area (Å²) in [5.41, 5.74) is 2.83. The van der Waals surface area contributed by atoms with E-state index in [9.17, 15) is 0 Å². The standard InChI is InChI=1S/C10H7N4/c1-2-4-9-8(3-1)13-10(14-9)7-5-11-12-6-7/h1-5H,(H,11,12)(H,13,14). The Hall–Kier alpha value is -2.10. The zero-order valence-electron chi connectivity index (χ0n) is 7.28. The molecule has 67 valence electrons. The lowest BCUT2D eigenvalue weighted by Gasteiger charge is -1.84. The van der Waals surface area contributed by atoms with Crippen LogP contribution in [0.25, 0.3) is 22.4 Å². The van der Waals surface area contributed by atoms with E-state index in [0.29, 0.717) is 0 Å². The molecule has 2 N–H and O–H groups in total. The van der Waals surface area contributed by atoms with Crippen molar-refractivity contribution >= 4 is 11.0 Å². The Balaban J connectivity index is 2.24. The third-order valence-corrected chi connectivity index (χ3v) is 2.09. The van der Waals surface area contributed by atoms with Crippen LogP contribution in [0.15, 0.2) is 30.5 Å². The Morgan fingerprint density at radius 1 is 1.21 bits per heavy atom. The minimum absolute atomic E-state index is 0.792. The first-order valence-corrected chi connectivity index (χ1v) is 4.30. The molecular formula is C10H7N4. The van der Waals surface area contributed by atoms with E-state index in [1.165, 1.54) is 0 Å². The minimum atomic E-state index is 0.792. The van der Waals surface area contributed by atoms with Crippen LogP contribution in [0.1, 0.15) is 0 Å². The molecule has 0 amide bonds. The molecule has 0 fully saturated rings. The van der Waals surface area contributed by atoms with Gasteiger partial charge in [-0.25, -0.2) is 4.98 Å². The van der Waals surface area contributed by atoms with E-state index >= 15 is 0 Å². The first kappa shape index (κ1) is 7.32. The maximum atomic E-state index is 4.41. The lowest BCUT2D eigenvalue weighted by molar-refractivity contribution is 1.08. The highest BCUT2D eigenvalue weighted by atomic mass is 15.1. The topological polar surface area (TPSA) is 57.4 Å². The predicted molar refractivity (Wildman–Crippen MR) is 52.5 cm³/mol. The van der Waals surface area contributed by atoms with Crippen LogP contribution in [0.4, 0.5) is 0 Å². The van der Waals surface area contributed by atoms with Crippen LogP contribution in [0, 0.1) is 6.20 Å². The Bertz CT molecular complexity index is 517. The van der Waals surface area contributed by atoms with Crippen molar-refractivity contribution in [2.45, 2.75) is 0 Å². The van der Waals surface area contributed by atoms with Gasteiger partial charge in [0, 0.05) is 6.20 Å². The van der Waals surface area contributed by atoms with Gasteiger partial charge in [0.2, 0.25) is 0 Å². The molecule has 4 nitrogen and oxygen atoms in total. The summed E-state index contributed by atoms with van der Waals surface area (Å²) in [4.78, 5) is 7.60. The summed E-state index contributed by atoms with van der Waals surface area (Å²) in [6, 6.07) is 7.90. The molecule has 2 heterocycles. The van der Waals surface area contributed by atoms with Gasteiger partial charge in [-0.1, -0.05) is 12.1 Å². The van der Waals surface area contributed by atoms with Crippen molar-refractivity contribution in [3.05, 3.63) is 36.7 Å². The molecule has 4 heteroatoms. The van der Waals surface area contributed by atoms with Gasteiger partial charge in [-0.15, -0.1) is 0 Å². The number of rotatable bonds is 1. The number of nitrogens with one attached hydrogen (secondary N) is 2.